The molecule has 18 heavy (non-hydrogen) atoms. The van der Waals surface area contributed by atoms with Crippen molar-refractivity contribution in [3.8, 4) is 0 Å². The van der Waals surface area contributed by atoms with Crippen molar-refractivity contribution in [3.05, 3.63) is 0 Å². The van der Waals surface area contributed by atoms with Gasteiger partial charge >= 0.3 is 12.1 Å². The summed E-state index contributed by atoms with van der Waals surface area (Å²) in [5.74, 6) is -1.33. The number of alkyl halides is 1. The highest BCUT2D eigenvalue weighted by Crippen LogP contribution is 2.07. The number of carbonyl (C=O) groups excluding carboxylic acids is 3. The first-order valence-electron chi connectivity index (χ1n) is 5.34. The molecular weight excluding hydrogens is 262 g/mol. The SMILES string of the molecule is COC(=O)[C@@H](CC(=O)CCl)NC(=O)OC(C)(C)C. The van der Waals surface area contributed by atoms with Gasteiger partial charge in [-0.25, -0.2) is 9.59 Å². The third-order valence-electron chi connectivity index (χ3n) is 1.76. The first-order valence-corrected chi connectivity index (χ1v) is 5.88. The Morgan fingerprint density at radius 1 is 1.28 bits per heavy atom. The molecule has 0 aromatic rings. The van der Waals surface area contributed by atoms with E-state index in [4.69, 9.17) is 16.3 Å². The third kappa shape index (κ3) is 7.11. The topological polar surface area (TPSA) is 81.7 Å². The van der Waals surface area contributed by atoms with Gasteiger partial charge in [0, 0.05) is 6.42 Å². The van der Waals surface area contributed by atoms with E-state index in [0.717, 1.165) is 7.11 Å². The van der Waals surface area contributed by atoms with Gasteiger partial charge in [-0.3, -0.25) is 4.79 Å². The second-order valence-corrected chi connectivity index (χ2v) is 4.87. The Hall–Kier alpha value is -1.30. The van der Waals surface area contributed by atoms with Crippen molar-refractivity contribution >= 4 is 29.4 Å². The summed E-state index contributed by atoms with van der Waals surface area (Å²) >= 11 is 5.34. The second-order valence-electron chi connectivity index (χ2n) is 4.60. The quantitative estimate of drug-likeness (QED) is 0.605. The number of nitrogens with one attached hydrogen (secondary N) is 1. The highest BCUT2D eigenvalue weighted by atomic mass is 35.5. The number of halogens is 1. The van der Waals surface area contributed by atoms with E-state index in [1.165, 1.54) is 0 Å². The maximum absolute atomic E-state index is 11.5. The van der Waals surface area contributed by atoms with Gasteiger partial charge in [0.2, 0.25) is 0 Å². The minimum Gasteiger partial charge on any atom is -0.467 e. The first kappa shape index (κ1) is 16.7. The molecule has 0 saturated carbocycles. The minimum atomic E-state index is -1.09. The zero-order chi connectivity index (χ0) is 14.3. The van der Waals surface area contributed by atoms with Crippen LogP contribution in [0.5, 0.6) is 0 Å². The molecule has 0 heterocycles. The molecule has 0 aromatic carbocycles. The molecule has 0 aliphatic carbocycles. The first-order chi connectivity index (χ1) is 8.19. The van der Waals surface area contributed by atoms with Crippen LogP contribution < -0.4 is 5.32 Å². The maximum Gasteiger partial charge on any atom is 0.408 e. The van der Waals surface area contributed by atoms with E-state index in [1.807, 2.05) is 0 Å². The molecule has 0 saturated heterocycles. The number of amides is 1. The van der Waals surface area contributed by atoms with Crippen molar-refractivity contribution in [2.24, 2.45) is 0 Å². The Labute approximate surface area is 111 Å². The van der Waals surface area contributed by atoms with E-state index in [1.54, 1.807) is 20.8 Å². The zero-order valence-electron chi connectivity index (χ0n) is 10.9. The van der Waals surface area contributed by atoms with Gasteiger partial charge < -0.3 is 14.8 Å². The average Bonchev–Trinajstić information content (AvgIpc) is 2.24. The van der Waals surface area contributed by atoms with Crippen LogP contribution >= 0.6 is 11.6 Å². The van der Waals surface area contributed by atoms with Crippen LogP contribution in [0.3, 0.4) is 0 Å². The van der Waals surface area contributed by atoms with Crippen molar-refractivity contribution in [1.29, 1.82) is 0 Å². The predicted molar refractivity (Wildman–Crippen MR) is 65.5 cm³/mol. The van der Waals surface area contributed by atoms with E-state index < -0.39 is 23.7 Å². The molecule has 104 valence electrons. The number of carbonyl (C=O) groups is 3. The Morgan fingerprint density at radius 2 is 1.83 bits per heavy atom. The summed E-state index contributed by atoms with van der Waals surface area (Å²) in [6.45, 7) is 5.05. The Morgan fingerprint density at radius 3 is 2.22 bits per heavy atom. The smallest absolute Gasteiger partial charge is 0.408 e. The van der Waals surface area contributed by atoms with E-state index >= 15 is 0 Å². The van der Waals surface area contributed by atoms with Crippen molar-refractivity contribution in [3.63, 3.8) is 0 Å². The summed E-state index contributed by atoms with van der Waals surface area (Å²) in [5, 5.41) is 2.27. The predicted octanol–water partition coefficient (Wildman–Crippen LogP) is 1.25. The van der Waals surface area contributed by atoms with Gasteiger partial charge in [0.25, 0.3) is 0 Å². The molecule has 0 radical (unpaired) electrons. The van der Waals surface area contributed by atoms with Gasteiger partial charge in [-0.05, 0) is 20.8 Å². The van der Waals surface area contributed by atoms with Crippen molar-refractivity contribution in [2.45, 2.75) is 38.8 Å². The molecule has 0 rings (SSSR count). The minimum absolute atomic E-state index is 0.227. The highest BCUT2D eigenvalue weighted by molar-refractivity contribution is 6.27. The fourth-order valence-electron chi connectivity index (χ4n) is 1.07. The number of methoxy groups -OCH3 is 1. The van der Waals surface area contributed by atoms with Crippen LogP contribution in [0.4, 0.5) is 4.79 Å². The number of ketones is 1. The number of hydrogen-bond donors (Lipinski definition) is 1. The lowest BCUT2D eigenvalue weighted by Gasteiger charge is -2.22. The monoisotopic (exact) mass is 279 g/mol. The highest BCUT2D eigenvalue weighted by Gasteiger charge is 2.26. The second kappa shape index (κ2) is 7.20. The largest absolute Gasteiger partial charge is 0.467 e. The fourth-order valence-corrected chi connectivity index (χ4v) is 1.18. The normalized spacial score (nSPS) is 12.5. The lowest BCUT2D eigenvalue weighted by atomic mass is 10.1. The van der Waals surface area contributed by atoms with E-state index in [0.29, 0.717) is 0 Å². The van der Waals surface area contributed by atoms with Crippen molar-refractivity contribution < 1.29 is 23.9 Å². The molecule has 0 aliphatic rings. The van der Waals surface area contributed by atoms with E-state index in [2.05, 4.69) is 10.1 Å². The van der Waals surface area contributed by atoms with Gasteiger partial charge in [0.15, 0.2) is 0 Å². The van der Waals surface area contributed by atoms with Crippen molar-refractivity contribution in [2.75, 3.05) is 13.0 Å². The molecule has 1 amide bonds. The molecule has 0 unspecified atom stereocenters. The van der Waals surface area contributed by atoms with Gasteiger partial charge in [-0.15, -0.1) is 11.6 Å². The van der Waals surface area contributed by atoms with Gasteiger partial charge in [0.1, 0.15) is 17.4 Å². The fraction of sp³-hybridized carbons (Fsp3) is 0.727. The molecule has 0 bridgehead atoms. The van der Waals surface area contributed by atoms with Crippen LogP contribution in [-0.2, 0) is 19.1 Å². The summed E-state index contributed by atoms with van der Waals surface area (Å²) in [6.07, 6.45) is -1.02. The Balaban J connectivity index is 4.55. The van der Waals surface area contributed by atoms with Crippen LogP contribution in [0.15, 0.2) is 0 Å². The van der Waals surface area contributed by atoms with E-state index in [9.17, 15) is 14.4 Å². The summed E-state index contributed by atoms with van der Waals surface area (Å²) in [7, 11) is 1.16. The van der Waals surface area contributed by atoms with Gasteiger partial charge in [-0.2, -0.15) is 0 Å². The van der Waals surface area contributed by atoms with Crippen LogP contribution in [-0.4, -0.2) is 42.5 Å². The summed E-state index contributed by atoms with van der Waals surface area (Å²) in [4.78, 5) is 34.0. The number of Topliss-reactive ketones (excluding diaryl/α,β-unsaturated/α-hetero) is 1. The number of ether oxygens (including phenoxy) is 2. The standard InChI is InChI=1S/C11H18ClNO5/c1-11(2,3)18-10(16)13-8(9(15)17-4)5-7(14)6-12/h8H,5-6H2,1-4H3,(H,13,16)/t8-/m1/s1. The van der Waals surface area contributed by atoms with Crippen LogP contribution in [0.25, 0.3) is 0 Å². The van der Waals surface area contributed by atoms with Crippen LogP contribution in [0.1, 0.15) is 27.2 Å². The third-order valence-corrected chi connectivity index (χ3v) is 2.06. The summed E-state index contributed by atoms with van der Waals surface area (Å²) in [6, 6.07) is -1.09. The number of esters is 1. The number of alkyl carbamates (subject to hydrolysis) is 1. The summed E-state index contributed by atoms with van der Waals surface area (Å²) < 4.78 is 9.46. The summed E-state index contributed by atoms with van der Waals surface area (Å²) in [5.41, 5.74) is -0.693. The molecule has 7 heteroatoms. The van der Waals surface area contributed by atoms with Crippen LogP contribution in [0.2, 0.25) is 0 Å². The maximum atomic E-state index is 11.5. The van der Waals surface area contributed by atoms with Gasteiger partial charge in [0.05, 0.1) is 13.0 Å². The Bertz CT molecular complexity index is 324. The molecule has 0 aliphatic heterocycles. The lowest BCUT2D eigenvalue weighted by molar-refractivity contribution is -0.144. The average molecular weight is 280 g/mol. The van der Waals surface area contributed by atoms with E-state index in [-0.39, 0.29) is 18.1 Å². The van der Waals surface area contributed by atoms with Crippen LogP contribution in [0, 0.1) is 0 Å². The lowest BCUT2D eigenvalue weighted by Crippen LogP contribution is -2.45. The molecular formula is C11H18ClNO5. The molecule has 0 fully saturated rings. The number of hydrogen-bond acceptors (Lipinski definition) is 5. The number of rotatable bonds is 5. The molecule has 0 aromatic heterocycles. The molecule has 0 spiro atoms. The molecule has 1 N–H and O–H groups in total. The van der Waals surface area contributed by atoms with Gasteiger partial charge in [-0.1, -0.05) is 0 Å². The Kier molecular flexibility index (Phi) is 6.68. The molecule has 1 atom stereocenters. The zero-order valence-corrected chi connectivity index (χ0v) is 11.7. The van der Waals surface area contributed by atoms with Crippen molar-refractivity contribution in [1.82, 2.24) is 5.32 Å². The molecule has 6 nitrogen and oxygen atoms in total.